The number of nitrogens with one attached hydrogen (secondary N) is 2. The zero-order valence-corrected chi connectivity index (χ0v) is 37.2. The number of rotatable bonds is 10. The lowest BCUT2D eigenvalue weighted by Crippen LogP contribution is -2.58. The molecule has 1 aromatic carbocycles. The molecule has 334 valence electrons. The number of amides is 3. The van der Waals surface area contributed by atoms with Crippen molar-refractivity contribution in [1.82, 2.24) is 25.1 Å². The molecule has 3 fully saturated rings. The lowest BCUT2D eigenvalue weighted by molar-refractivity contribution is -0.217. The molecular formula is C41H56ClN7O12. The highest BCUT2D eigenvalue weighted by Gasteiger charge is 2.65. The average molecular weight is 874 g/mol. The van der Waals surface area contributed by atoms with E-state index in [1.165, 1.54) is 10.9 Å². The molecule has 3 amide bonds. The minimum absolute atomic E-state index is 0.00843. The molecule has 1 spiro atoms. The first-order valence-electron chi connectivity index (χ1n) is 20.0. The lowest BCUT2D eigenvalue weighted by atomic mass is 9.91. The van der Waals surface area contributed by atoms with Crippen LogP contribution in [0, 0.1) is 0 Å². The van der Waals surface area contributed by atoms with E-state index in [0.717, 1.165) is 6.42 Å². The minimum atomic E-state index is -2.44. The van der Waals surface area contributed by atoms with Gasteiger partial charge in [-0.05, 0) is 112 Å². The number of fused-ring (bicyclic) bond motifs is 1. The number of halogens is 1. The van der Waals surface area contributed by atoms with Gasteiger partial charge in [0.2, 0.25) is 5.28 Å². The first kappa shape index (κ1) is 45.9. The summed E-state index contributed by atoms with van der Waals surface area (Å²) in [6.07, 6.45) is -3.15. The molecule has 5 heterocycles. The van der Waals surface area contributed by atoms with Crippen LogP contribution in [0.1, 0.15) is 94.4 Å². The zero-order valence-electron chi connectivity index (χ0n) is 36.4. The van der Waals surface area contributed by atoms with Crippen LogP contribution < -0.4 is 15.5 Å². The maximum Gasteiger partial charge on any atom is 0.413 e. The number of aliphatic hydroxyl groups excluding tert-OH is 1. The molecule has 0 unspecified atom stereocenters. The SMILES string of the molecule is CC(C)(C)OC(=O)Nc1nc(Cl)nc2c1cnn2[C@@H]1O[C@H](COC(Cc2ccc(N3CCCNC3=O)cc2)(C(=O)OC(C)(C)C)C(=O)OC(C)(C)C)[C@]2(COC(C)(C)O2)[C@H]1O. The summed E-state index contributed by atoms with van der Waals surface area (Å²) in [6.45, 7) is 18.7. The summed E-state index contributed by atoms with van der Waals surface area (Å²) in [6, 6.07) is 6.58. The number of carbonyl (C=O) groups is 4. The van der Waals surface area contributed by atoms with Gasteiger partial charge in [0, 0.05) is 25.2 Å². The highest BCUT2D eigenvalue weighted by Crippen LogP contribution is 2.48. The van der Waals surface area contributed by atoms with Gasteiger partial charge in [0.15, 0.2) is 29.1 Å². The molecule has 6 rings (SSSR count). The van der Waals surface area contributed by atoms with E-state index in [0.29, 0.717) is 24.3 Å². The molecule has 3 aromatic rings. The Balaban J connectivity index is 1.38. The van der Waals surface area contributed by atoms with Gasteiger partial charge in [-0.1, -0.05) is 12.1 Å². The molecule has 3 N–H and O–H groups in total. The van der Waals surface area contributed by atoms with E-state index in [9.17, 15) is 24.3 Å². The second-order valence-electron chi connectivity index (χ2n) is 18.7. The molecule has 2 aromatic heterocycles. The van der Waals surface area contributed by atoms with Crippen LogP contribution in [0.15, 0.2) is 30.5 Å². The van der Waals surface area contributed by atoms with E-state index in [1.807, 2.05) is 0 Å². The summed E-state index contributed by atoms with van der Waals surface area (Å²) in [7, 11) is 0. The molecule has 0 radical (unpaired) electrons. The second-order valence-corrected chi connectivity index (χ2v) is 19.1. The van der Waals surface area contributed by atoms with Crippen LogP contribution in [-0.4, -0.2) is 121 Å². The number of urea groups is 1. The van der Waals surface area contributed by atoms with Crippen molar-refractivity contribution >= 4 is 58.2 Å². The van der Waals surface area contributed by atoms with Crippen molar-refractivity contribution in [3.8, 4) is 0 Å². The molecular weight excluding hydrogens is 818 g/mol. The van der Waals surface area contributed by atoms with Crippen LogP contribution in [0.4, 0.5) is 21.1 Å². The molecule has 19 nitrogen and oxygen atoms in total. The summed E-state index contributed by atoms with van der Waals surface area (Å²) in [5, 5.41) is 22.0. The molecule has 0 saturated carbocycles. The Hall–Kier alpha value is -4.66. The maximum atomic E-state index is 14.5. The smallest absolute Gasteiger partial charge is 0.413 e. The Morgan fingerprint density at radius 3 is 2.15 bits per heavy atom. The van der Waals surface area contributed by atoms with Crippen LogP contribution in [0.2, 0.25) is 5.28 Å². The third-order valence-corrected chi connectivity index (χ3v) is 9.88. The number of ether oxygens (including phenoxy) is 7. The molecule has 3 saturated heterocycles. The molecule has 61 heavy (non-hydrogen) atoms. The summed E-state index contributed by atoms with van der Waals surface area (Å²) < 4.78 is 43.9. The van der Waals surface area contributed by atoms with Crippen LogP contribution >= 0.6 is 11.6 Å². The van der Waals surface area contributed by atoms with Gasteiger partial charge in [-0.15, -0.1) is 0 Å². The van der Waals surface area contributed by atoms with E-state index in [4.69, 9.17) is 44.8 Å². The third kappa shape index (κ3) is 10.2. The van der Waals surface area contributed by atoms with E-state index < -0.39 is 76.9 Å². The highest BCUT2D eigenvalue weighted by molar-refractivity contribution is 6.28. The summed E-state index contributed by atoms with van der Waals surface area (Å²) in [4.78, 5) is 64.5. The standard InChI is InChI=1S/C41H56ClN7O12/c1-36(2,3)58-31(51)40(32(52)59-37(4,5)6,19-23-13-15-24(16-14-23)48-18-12-17-43-34(48)53)55-21-26-41(22-56-39(10,11)61-41)27(50)30(57-26)49-29-25(20-44-49)28(45-33(42)47-29)46-35(54)60-38(7,8)9/h13-16,20,26-27,30,50H,12,17-19,21-22H2,1-11H3,(H,43,53)(H,45,46,47,54)/t26-,27+,30-,41-/m1/s1. The predicted molar refractivity (Wildman–Crippen MR) is 220 cm³/mol. The van der Waals surface area contributed by atoms with Gasteiger partial charge in [-0.25, -0.2) is 23.9 Å². The largest absolute Gasteiger partial charge is 0.457 e. The van der Waals surface area contributed by atoms with Crippen molar-refractivity contribution in [1.29, 1.82) is 0 Å². The number of nitrogens with zero attached hydrogens (tertiary/aromatic N) is 5. The van der Waals surface area contributed by atoms with E-state index in [1.54, 1.807) is 105 Å². The number of hydrogen-bond donors (Lipinski definition) is 3. The fourth-order valence-electron chi connectivity index (χ4n) is 7.14. The van der Waals surface area contributed by atoms with Gasteiger partial charge in [0.1, 0.15) is 29.0 Å². The van der Waals surface area contributed by atoms with Gasteiger partial charge in [-0.2, -0.15) is 15.1 Å². The van der Waals surface area contributed by atoms with Crippen molar-refractivity contribution in [2.24, 2.45) is 0 Å². The van der Waals surface area contributed by atoms with Crippen LogP contribution in [0.5, 0.6) is 0 Å². The van der Waals surface area contributed by atoms with Crippen molar-refractivity contribution in [3.63, 3.8) is 0 Å². The molecule has 20 heteroatoms. The molecule has 3 aliphatic heterocycles. The number of carbonyl (C=O) groups excluding carboxylic acids is 4. The Morgan fingerprint density at radius 1 is 0.967 bits per heavy atom. The molecule has 0 bridgehead atoms. The predicted octanol–water partition coefficient (Wildman–Crippen LogP) is 5.21. The van der Waals surface area contributed by atoms with Crippen molar-refractivity contribution in [2.45, 2.75) is 141 Å². The Kier molecular flexibility index (Phi) is 12.4. The Bertz CT molecular complexity index is 2120. The van der Waals surface area contributed by atoms with E-state index >= 15 is 0 Å². The van der Waals surface area contributed by atoms with E-state index in [2.05, 4.69) is 25.7 Å². The van der Waals surface area contributed by atoms with Gasteiger partial charge in [0.25, 0.3) is 5.60 Å². The van der Waals surface area contributed by atoms with Gasteiger partial charge >= 0.3 is 24.1 Å². The van der Waals surface area contributed by atoms with E-state index in [-0.39, 0.29) is 41.2 Å². The van der Waals surface area contributed by atoms with Crippen LogP contribution in [0.25, 0.3) is 11.0 Å². The van der Waals surface area contributed by atoms with Crippen LogP contribution in [0.3, 0.4) is 0 Å². The minimum Gasteiger partial charge on any atom is -0.457 e. The number of anilines is 2. The monoisotopic (exact) mass is 873 g/mol. The summed E-state index contributed by atoms with van der Waals surface area (Å²) >= 11 is 6.34. The molecule has 4 atom stereocenters. The normalized spacial score (nSPS) is 23.3. The first-order valence-corrected chi connectivity index (χ1v) is 20.4. The number of aliphatic hydroxyl groups is 1. The van der Waals surface area contributed by atoms with Gasteiger partial charge in [0.05, 0.1) is 24.8 Å². The van der Waals surface area contributed by atoms with Crippen LogP contribution in [-0.2, 0) is 49.2 Å². The average Bonchev–Trinajstić information content (AvgIpc) is 3.77. The number of benzene rings is 1. The maximum absolute atomic E-state index is 14.5. The summed E-state index contributed by atoms with van der Waals surface area (Å²) in [5.41, 5.74) is -5.87. The Morgan fingerprint density at radius 2 is 1.59 bits per heavy atom. The van der Waals surface area contributed by atoms with Crippen molar-refractivity contribution in [3.05, 3.63) is 41.3 Å². The highest BCUT2D eigenvalue weighted by atomic mass is 35.5. The Labute approximate surface area is 359 Å². The molecule has 0 aliphatic carbocycles. The summed E-state index contributed by atoms with van der Waals surface area (Å²) in [5.74, 6) is -3.29. The van der Waals surface area contributed by atoms with Crippen molar-refractivity contribution < 1.29 is 57.4 Å². The zero-order chi connectivity index (χ0) is 44.9. The fraction of sp³-hybridized carbons (Fsp3) is 0.634. The topological polar surface area (TPSA) is 224 Å². The number of aromatic nitrogens is 4. The lowest BCUT2D eigenvalue weighted by Gasteiger charge is -2.37. The third-order valence-electron chi connectivity index (χ3n) is 9.71. The molecule has 3 aliphatic rings. The quantitative estimate of drug-likeness (QED) is 0.103. The second kappa shape index (κ2) is 16.6. The van der Waals surface area contributed by atoms with Crippen molar-refractivity contribution in [2.75, 3.05) is 36.5 Å². The van der Waals surface area contributed by atoms with Gasteiger partial charge in [-0.3, -0.25) is 10.2 Å². The van der Waals surface area contributed by atoms with Gasteiger partial charge < -0.3 is 43.6 Å². The fourth-order valence-corrected chi connectivity index (χ4v) is 7.31. The number of hydrogen-bond acceptors (Lipinski definition) is 15. The first-order chi connectivity index (χ1) is 28.2. The number of esters is 2.